The van der Waals surface area contributed by atoms with E-state index in [-0.39, 0.29) is 41.0 Å². The first-order valence-electron chi connectivity index (χ1n) is 13.2. The fourth-order valence-electron chi connectivity index (χ4n) is 6.44. The summed E-state index contributed by atoms with van der Waals surface area (Å²) in [5.41, 5.74) is 1.23. The average molecular weight is 506 g/mol. The molecule has 1 saturated carbocycles. The lowest BCUT2D eigenvalue weighted by Crippen LogP contribution is -2.55. The Labute approximate surface area is 218 Å². The van der Waals surface area contributed by atoms with Crippen LogP contribution in [0.5, 0.6) is 0 Å². The second kappa shape index (κ2) is 9.35. The number of hydrogen-bond donors (Lipinski definition) is 0. The Kier molecular flexibility index (Phi) is 6.47. The van der Waals surface area contributed by atoms with Crippen LogP contribution in [0.15, 0.2) is 54.6 Å². The Hall–Kier alpha value is -3.06. The molecular formula is C30H36FN3O3. The number of amides is 3. The summed E-state index contributed by atoms with van der Waals surface area (Å²) < 4.78 is 13.5. The van der Waals surface area contributed by atoms with Gasteiger partial charge in [0.15, 0.2) is 0 Å². The lowest BCUT2D eigenvalue weighted by Gasteiger charge is -2.41. The number of halogens is 1. The summed E-state index contributed by atoms with van der Waals surface area (Å²) in [6, 6.07) is 14.7. The van der Waals surface area contributed by atoms with Crippen LogP contribution in [-0.4, -0.2) is 52.7 Å². The second-order valence-electron chi connectivity index (χ2n) is 11.9. The highest BCUT2D eigenvalue weighted by atomic mass is 19.1. The van der Waals surface area contributed by atoms with E-state index in [1.54, 1.807) is 4.90 Å². The molecule has 5 rings (SSSR count). The molecule has 0 aromatic heterocycles. The Morgan fingerprint density at radius 1 is 0.946 bits per heavy atom. The van der Waals surface area contributed by atoms with Crippen LogP contribution in [-0.2, 0) is 20.9 Å². The van der Waals surface area contributed by atoms with E-state index in [0.717, 1.165) is 37.4 Å². The van der Waals surface area contributed by atoms with Crippen molar-refractivity contribution in [3.8, 4) is 0 Å². The van der Waals surface area contributed by atoms with Gasteiger partial charge in [0.05, 0.1) is 12.1 Å². The van der Waals surface area contributed by atoms with Crippen molar-refractivity contribution in [3.05, 3.63) is 66.0 Å². The highest BCUT2D eigenvalue weighted by molar-refractivity contribution is 6.23. The Bertz CT molecular complexity index is 1170. The van der Waals surface area contributed by atoms with Gasteiger partial charge in [0.2, 0.25) is 11.8 Å². The Morgan fingerprint density at radius 2 is 1.54 bits per heavy atom. The molecule has 0 bridgehead atoms. The third-order valence-corrected chi connectivity index (χ3v) is 9.27. The summed E-state index contributed by atoms with van der Waals surface area (Å²) in [6.45, 7) is 10.9. The number of carbonyl (C=O) groups excluding carboxylic acids is 3. The molecule has 0 radical (unpaired) electrons. The smallest absolute Gasteiger partial charge is 0.257 e. The van der Waals surface area contributed by atoms with Gasteiger partial charge in [-0.15, -0.1) is 0 Å². The van der Waals surface area contributed by atoms with E-state index in [9.17, 15) is 18.8 Å². The molecule has 2 heterocycles. The van der Waals surface area contributed by atoms with Crippen LogP contribution in [0.3, 0.4) is 0 Å². The molecule has 7 heteroatoms. The van der Waals surface area contributed by atoms with Gasteiger partial charge in [-0.1, -0.05) is 58.0 Å². The number of rotatable bonds is 6. The van der Waals surface area contributed by atoms with Crippen LogP contribution >= 0.6 is 0 Å². The molecule has 2 aromatic rings. The van der Waals surface area contributed by atoms with E-state index in [1.807, 2.05) is 18.2 Å². The van der Waals surface area contributed by atoms with Crippen molar-refractivity contribution in [3.63, 3.8) is 0 Å². The minimum absolute atomic E-state index is 0.0244. The maximum absolute atomic E-state index is 14.1. The fraction of sp³-hybridized carbons (Fsp3) is 0.500. The number of likely N-dealkylation sites (tertiary alicyclic amines) is 1. The molecule has 0 spiro atoms. The van der Waals surface area contributed by atoms with Gasteiger partial charge < -0.3 is 4.90 Å². The number of hydrogen-bond acceptors (Lipinski definition) is 4. The first-order valence-corrected chi connectivity index (χ1v) is 13.2. The van der Waals surface area contributed by atoms with Crippen LogP contribution in [0.25, 0.3) is 0 Å². The first kappa shape index (κ1) is 25.6. The monoisotopic (exact) mass is 505 g/mol. The summed E-state index contributed by atoms with van der Waals surface area (Å²) in [5, 5.41) is 0. The summed E-state index contributed by atoms with van der Waals surface area (Å²) >= 11 is 0. The average Bonchev–Trinajstić information content (AvgIpc) is 3.10. The van der Waals surface area contributed by atoms with Gasteiger partial charge >= 0.3 is 0 Å². The van der Waals surface area contributed by atoms with Crippen LogP contribution < -0.4 is 4.90 Å². The molecule has 2 aliphatic heterocycles. The third-order valence-electron chi connectivity index (χ3n) is 9.27. The number of carbonyl (C=O) groups is 3. The summed E-state index contributed by atoms with van der Waals surface area (Å²) in [6.07, 6.45) is 1.46. The van der Waals surface area contributed by atoms with Crippen molar-refractivity contribution < 1.29 is 18.8 Å². The van der Waals surface area contributed by atoms with Gasteiger partial charge in [0.1, 0.15) is 11.9 Å². The lowest BCUT2D eigenvalue weighted by atomic mass is 9.97. The Morgan fingerprint density at radius 3 is 2.11 bits per heavy atom. The van der Waals surface area contributed by atoms with Gasteiger partial charge in [-0.3, -0.25) is 19.3 Å². The van der Waals surface area contributed by atoms with Crippen molar-refractivity contribution in [1.82, 2.24) is 9.80 Å². The van der Waals surface area contributed by atoms with Crippen LogP contribution in [0.4, 0.5) is 10.1 Å². The molecule has 1 atom stereocenters. The number of nitrogens with zero attached hydrogens (tertiary/aromatic N) is 3. The van der Waals surface area contributed by atoms with Crippen molar-refractivity contribution in [2.24, 2.45) is 16.7 Å². The minimum Gasteiger partial charge on any atom is -0.327 e. The first-order chi connectivity index (χ1) is 17.5. The van der Waals surface area contributed by atoms with Crippen molar-refractivity contribution in [2.45, 2.75) is 65.6 Å². The lowest BCUT2D eigenvalue weighted by molar-refractivity contribution is -0.144. The van der Waals surface area contributed by atoms with Crippen LogP contribution in [0.2, 0.25) is 0 Å². The zero-order valence-corrected chi connectivity index (χ0v) is 22.1. The van der Waals surface area contributed by atoms with E-state index in [2.05, 4.69) is 44.7 Å². The van der Waals surface area contributed by atoms with Crippen LogP contribution in [0, 0.1) is 22.6 Å². The molecule has 37 heavy (non-hydrogen) atoms. The van der Waals surface area contributed by atoms with Gasteiger partial charge in [-0.25, -0.2) is 9.29 Å². The zero-order valence-electron chi connectivity index (χ0n) is 22.1. The third kappa shape index (κ3) is 4.48. The molecule has 2 saturated heterocycles. The highest BCUT2D eigenvalue weighted by Gasteiger charge is 2.69. The molecule has 1 aliphatic carbocycles. The molecule has 3 aliphatic rings. The zero-order chi connectivity index (χ0) is 26.5. The number of piperidine rings is 1. The predicted octanol–water partition coefficient (Wildman–Crippen LogP) is 4.63. The maximum Gasteiger partial charge on any atom is 0.257 e. The van der Waals surface area contributed by atoms with E-state index in [4.69, 9.17) is 0 Å². The van der Waals surface area contributed by atoms with Gasteiger partial charge in [0.25, 0.3) is 5.91 Å². The summed E-state index contributed by atoms with van der Waals surface area (Å²) in [5.74, 6) is -1.41. The largest absolute Gasteiger partial charge is 0.327 e. The standard InChI is InChI=1S/C30H36FN3O3/c1-29(2)26(30(29,3)4)28(37)33(23-14-16-32(17-15-23)19-20-8-6-5-7-9-20)24-18-25(35)34(27(24)36)22-12-10-21(31)11-13-22/h5-13,23-24,26H,14-19H2,1-4H3. The second-order valence-corrected chi connectivity index (χ2v) is 11.9. The Balaban J connectivity index is 1.38. The number of imide groups is 1. The molecule has 196 valence electrons. The van der Waals surface area contributed by atoms with Gasteiger partial charge in [-0.2, -0.15) is 0 Å². The van der Waals surface area contributed by atoms with Crippen molar-refractivity contribution in [1.29, 1.82) is 0 Å². The molecule has 2 aromatic carbocycles. The van der Waals surface area contributed by atoms with Crippen molar-refractivity contribution >= 4 is 23.4 Å². The highest BCUT2D eigenvalue weighted by Crippen LogP contribution is 2.69. The molecule has 6 nitrogen and oxygen atoms in total. The molecule has 3 fully saturated rings. The van der Waals surface area contributed by atoms with E-state index >= 15 is 0 Å². The predicted molar refractivity (Wildman–Crippen MR) is 140 cm³/mol. The molecule has 1 unspecified atom stereocenters. The quantitative estimate of drug-likeness (QED) is 0.537. The van der Waals surface area contributed by atoms with E-state index in [1.165, 1.54) is 29.8 Å². The number of anilines is 1. The SMILES string of the molecule is CC1(C)C(C(=O)N(C2CCN(Cc3ccccc3)CC2)C2CC(=O)N(c3ccc(F)cc3)C2=O)C1(C)C. The van der Waals surface area contributed by atoms with Gasteiger partial charge in [0, 0.05) is 31.6 Å². The fourth-order valence-corrected chi connectivity index (χ4v) is 6.44. The summed E-state index contributed by atoms with van der Waals surface area (Å²) in [7, 11) is 0. The van der Waals surface area contributed by atoms with Gasteiger partial charge in [-0.05, 0) is 53.5 Å². The minimum atomic E-state index is -0.831. The summed E-state index contributed by atoms with van der Waals surface area (Å²) in [4.78, 5) is 46.1. The topological polar surface area (TPSA) is 60.9 Å². The maximum atomic E-state index is 14.1. The van der Waals surface area contributed by atoms with Crippen molar-refractivity contribution in [2.75, 3.05) is 18.0 Å². The molecule has 0 N–H and O–H groups in total. The molecule has 3 amide bonds. The van der Waals surface area contributed by atoms with E-state index < -0.39 is 17.8 Å². The number of benzene rings is 2. The normalized spacial score (nSPS) is 23.9. The van der Waals surface area contributed by atoms with E-state index in [0.29, 0.717) is 5.69 Å². The molecular weight excluding hydrogens is 469 g/mol. The van der Waals surface area contributed by atoms with Crippen LogP contribution in [0.1, 0.15) is 52.5 Å².